The van der Waals surface area contributed by atoms with Crippen LogP contribution < -0.4 is 5.32 Å². The number of hydrogen-bond acceptors (Lipinski definition) is 3. The lowest BCUT2D eigenvalue weighted by Crippen LogP contribution is -2.37. The number of aryl methyl sites for hydroxylation is 1. The molecule has 1 aromatic carbocycles. The minimum Gasteiger partial charge on any atom is -0.337 e. The second-order valence-electron chi connectivity index (χ2n) is 5.96. The van der Waals surface area contributed by atoms with Gasteiger partial charge in [0.25, 0.3) is 11.8 Å². The lowest BCUT2D eigenvalue weighted by atomic mass is 10.1. The van der Waals surface area contributed by atoms with Crippen molar-refractivity contribution in [3.8, 4) is 0 Å². The molecule has 6 nitrogen and oxygen atoms in total. The van der Waals surface area contributed by atoms with Crippen molar-refractivity contribution in [1.29, 1.82) is 0 Å². The molecule has 1 aromatic heterocycles. The minimum absolute atomic E-state index is 0.128. The molecule has 2 amide bonds. The van der Waals surface area contributed by atoms with Gasteiger partial charge < -0.3 is 10.2 Å². The van der Waals surface area contributed by atoms with Gasteiger partial charge in [0, 0.05) is 25.2 Å². The fourth-order valence-electron chi connectivity index (χ4n) is 2.89. The molecule has 1 aliphatic heterocycles. The van der Waals surface area contributed by atoms with E-state index in [1.165, 1.54) is 16.9 Å². The molecule has 0 radical (unpaired) electrons. The van der Waals surface area contributed by atoms with Crippen molar-refractivity contribution < 1.29 is 9.59 Å². The number of nitrogens with one attached hydrogen (secondary N) is 1. The Morgan fingerprint density at radius 1 is 1.16 bits per heavy atom. The molecule has 132 valence electrons. The van der Waals surface area contributed by atoms with Gasteiger partial charge in [-0.3, -0.25) is 14.3 Å². The van der Waals surface area contributed by atoms with Gasteiger partial charge in [-0.1, -0.05) is 23.2 Å². The molecule has 1 aliphatic rings. The van der Waals surface area contributed by atoms with E-state index < -0.39 is 5.91 Å². The van der Waals surface area contributed by atoms with E-state index in [9.17, 15) is 9.59 Å². The SMILES string of the molecule is Cn1ncc(NC(=O)c2ccc(Cl)cc2Cl)c1C(=O)N1CCCCC1. The second-order valence-corrected chi connectivity index (χ2v) is 6.81. The number of carbonyl (C=O) groups excluding carboxylic acids is 2. The number of amides is 2. The Morgan fingerprint density at radius 3 is 2.56 bits per heavy atom. The van der Waals surface area contributed by atoms with Gasteiger partial charge in [-0.2, -0.15) is 5.10 Å². The van der Waals surface area contributed by atoms with Crippen molar-refractivity contribution in [2.45, 2.75) is 19.3 Å². The van der Waals surface area contributed by atoms with Gasteiger partial charge in [0.05, 0.1) is 22.5 Å². The first-order valence-corrected chi connectivity index (χ1v) is 8.80. The fraction of sp³-hybridized carbons (Fsp3) is 0.353. The molecule has 1 saturated heterocycles. The first-order valence-electron chi connectivity index (χ1n) is 8.05. The zero-order valence-electron chi connectivity index (χ0n) is 13.8. The number of halogens is 2. The number of likely N-dealkylation sites (tertiary alicyclic amines) is 1. The Balaban J connectivity index is 1.83. The summed E-state index contributed by atoms with van der Waals surface area (Å²) in [6.45, 7) is 1.45. The zero-order chi connectivity index (χ0) is 18.0. The van der Waals surface area contributed by atoms with Crippen LogP contribution in [0.1, 0.15) is 40.1 Å². The first-order chi connectivity index (χ1) is 12.0. The number of hydrogen-bond donors (Lipinski definition) is 1. The van der Waals surface area contributed by atoms with Gasteiger partial charge in [0.1, 0.15) is 5.69 Å². The quantitative estimate of drug-likeness (QED) is 0.884. The predicted molar refractivity (Wildman–Crippen MR) is 97.4 cm³/mol. The predicted octanol–water partition coefficient (Wildman–Crippen LogP) is 3.61. The average molecular weight is 381 g/mol. The van der Waals surface area contributed by atoms with E-state index in [0.29, 0.717) is 16.4 Å². The van der Waals surface area contributed by atoms with E-state index >= 15 is 0 Å². The average Bonchev–Trinajstić information content (AvgIpc) is 2.95. The number of nitrogens with zero attached hydrogens (tertiary/aromatic N) is 3. The summed E-state index contributed by atoms with van der Waals surface area (Å²) in [6.07, 6.45) is 4.59. The van der Waals surface area contributed by atoms with Crippen LogP contribution in [-0.4, -0.2) is 39.6 Å². The lowest BCUT2D eigenvalue weighted by molar-refractivity contribution is 0.0714. The molecule has 0 atom stereocenters. The molecule has 0 unspecified atom stereocenters. The van der Waals surface area contributed by atoms with Crippen LogP contribution in [0, 0.1) is 0 Å². The summed E-state index contributed by atoms with van der Waals surface area (Å²) in [6, 6.07) is 4.63. The van der Waals surface area contributed by atoms with E-state index in [0.717, 1.165) is 32.4 Å². The highest BCUT2D eigenvalue weighted by molar-refractivity contribution is 6.37. The van der Waals surface area contributed by atoms with Crippen LogP contribution in [0.2, 0.25) is 10.0 Å². The van der Waals surface area contributed by atoms with E-state index in [1.54, 1.807) is 24.1 Å². The molecule has 0 saturated carbocycles. The Labute approximate surface area is 155 Å². The number of piperidine rings is 1. The molecular formula is C17H18Cl2N4O2. The molecule has 1 fully saturated rings. The van der Waals surface area contributed by atoms with Crippen molar-refractivity contribution in [2.75, 3.05) is 18.4 Å². The Bertz CT molecular complexity index is 813. The number of carbonyl (C=O) groups is 2. The van der Waals surface area contributed by atoms with E-state index in [1.807, 2.05) is 0 Å². The zero-order valence-corrected chi connectivity index (χ0v) is 15.3. The summed E-state index contributed by atoms with van der Waals surface area (Å²) in [5, 5.41) is 7.54. The van der Waals surface area contributed by atoms with Crippen LogP contribution in [0.5, 0.6) is 0 Å². The smallest absolute Gasteiger partial charge is 0.274 e. The van der Waals surface area contributed by atoms with E-state index in [4.69, 9.17) is 23.2 Å². The summed E-state index contributed by atoms with van der Waals surface area (Å²) in [4.78, 5) is 27.1. The third-order valence-corrected chi connectivity index (χ3v) is 4.76. The standard InChI is InChI=1S/C17H18Cl2N4O2/c1-22-15(17(25)23-7-3-2-4-8-23)14(10-20-22)21-16(24)12-6-5-11(18)9-13(12)19/h5-6,9-10H,2-4,7-8H2,1H3,(H,21,24). The fourth-order valence-corrected chi connectivity index (χ4v) is 3.39. The molecular weight excluding hydrogens is 363 g/mol. The van der Waals surface area contributed by atoms with Crippen LogP contribution in [0.3, 0.4) is 0 Å². The first kappa shape index (κ1) is 17.8. The second kappa shape index (κ2) is 7.45. The molecule has 2 heterocycles. The van der Waals surface area contributed by atoms with Crippen molar-refractivity contribution >= 4 is 40.7 Å². The van der Waals surface area contributed by atoms with Gasteiger partial charge in [-0.05, 0) is 37.5 Å². The van der Waals surface area contributed by atoms with Crippen LogP contribution in [0.15, 0.2) is 24.4 Å². The molecule has 0 aliphatic carbocycles. The van der Waals surface area contributed by atoms with Crippen molar-refractivity contribution in [1.82, 2.24) is 14.7 Å². The highest BCUT2D eigenvalue weighted by Crippen LogP contribution is 2.24. The Hall–Kier alpha value is -2.05. The normalized spacial score (nSPS) is 14.4. The summed E-state index contributed by atoms with van der Waals surface area (Å²) < 4.78 is 1.48. The maximum absolute atomic E-state index is 12.8. The topological polar surface area (TPSA) is 67.2 Å². The largest absolute Gasteiger partial charge is 0.337 e. The van der Waals surface area contributed by atoms with Gasteiger partial charge in [0.15, 0.2) is 0 Å². The number of rotatable bonds is 3. The van der Waals surface area contributed by atoms with Crippen LogP contribution in [0.25, 0.3) is 0 Å². The highest BCUT2D eigenvalue weighted by atomic mass is 35.5. The third-order valence-electron chi connectivity index (χ3n) is 4.21. The van der Waals surface area contributed by atoms with Crippen molar-refractivity contribution in [2.24, 2.45) is 7.05 Å². The Kier molecular flexibility index (Phi) is 5.30. The van der Waals surface area contributed by atoms with Crippen LogP contribution >= 0.6 is 23.2 Å². The number of aromatic nitrogens is 2. The molecule has 8 heteroatoms. The van der Waals surface area contributed by atoms with Crippen LogP contribution in [-0.2, 0) is 7.05 Å². The summed E-state index contributed by atoms with van der Waals surface area (Å²) in [7, 11) is 1.68. The summed E-state index contributed by atoms with van der Waals surface area (Å²) in [5.41, 5.74) is 1.01. The third kappa shape index (κ3) is 3.80. The molecule has 0 spiro atoms. The van der Waals surface area contributed by atoms with Crippen molar-refractivity contribution in [3.05, 3.63) is 45.7 Å². The van der Waals surface area contributed by atoms with E-state index in [-0.39, 0.29) is 16.5 Å². The summed E-state index contributed by atoms with van der Waals surface area (Å²) >= 11 is 11.9. The van der Waals surface area contributed by atoms with Crippen LogP contribution in [0.4, 0.5) is 5.69 Å². The van der Waals surface area contributed by atoms with Gasteiger partial charge in [-0.25, -0.2) is 0 Å². The maximum atomic E-state index is 12.8. The highest BCUT2D eigenvalue weighted by Gasteiger charge is 2.25. The lowest BCUT2D eigenvalue weighted by Gasteiger charge is -2.27. The minimum atomic E-state index is -0.414. The molecule has 25 heavy (non-hydrogen) atoms. The molecule has 0 bridgehead atoms. The monoisotopic (exact) mass is 380 g/mol. The van der Waals surface area contributed by atoms with E-state index in [2.05, 4.69) is 10.4 Å². The number of anilines is 1. The molecule has 2 aromatic rings. The van der Waals surface area contributed by atoms with Gasteiger partial charge >= 0.3 is 0 Å². The number of benzene rings is 1. The van der Waals surface area contributed by atoms with Gasteiger partial charge in [0.2, 0.25) is 0 Å². The Morgan fingerprint density at radius 2 is 1.88 bits per heavy atom. The maximum Gasteiger partial charge on any atom is 0.274 e. The van der Waals surface area contributed by atoms with Gasteiger partial charge in [-0.15, -0.1) is 0 Å². The van der Waals surface area contributed by atoms with Crippen molar-refractivity contribution in [3.63, 3.8) is 0 Å². The molecule has 1 N–H and O–H groups in total. The molecule has 3 rings (SSSR count). The summed E-state index contributed by atoms with van der Waals surface area (Å²) in [5.74, 6) is -0.542.